The molecule has 1 N–H and O–H groups in total. The molecule has 0 spiro atoms. The molecule has 1 amide bonds. The minimum absolute atomic E-state index is 0.305. The molecule has 0 saturated heterocycles. The number of rotatable bonds is 6. The molecule has 0 bridgehead atoms. The third-order valence-corrected chi connectivity index (χ3v) is 5.05. The fourth-order valence-electron chi connectivity index (χ4n) is 2.92. The number of esters is 1. The molecule has 0 unspecified atom stereocenters. The van der Waals surface area contributed by atoms with Gasteiger partial charge < -0.3 is 10.1 Å². The first kappa shape index (κ1) is 20.1. The molecule has 0 aliphatic heterocycles. The van der Waals surface area contributed by atoms with Crippen molar-refractivity contribution in [3.63, 3.8) is 0 Å². The Labute approximate surface area is 178 Å². The Balaban J connectivity index is 1.73. The van der Waals surface area contributed by atoms with Crippen molar-refractivity contribution in [1.82, 2.24) is 5.32 Å². The summed E-state index contributed by atoms with van der Waals surface area (Å²) in [7, 11) is 1.32. The monoisotopic (exact) mass is 485 g/mol. The van der Waals surface area contributed by atoms with Gasteiger partial charge in [0.1, 0.15) is 6.04 Å². The van der Waals surface area contributed by atoms with E-state index in [4.69, 9.17) is 4.74 Å². The van der Waals surface area contributed by atoms with Gasteiger partial charge in [0.05, 0.1) is 7.11 Å². The molecule has 3 rings (SSSR count). The van der Waals surface area contributed by atoms with Gasteiger partial charge in [-0.1, -0.05) is 54.6 Å². The van der Waals surface area contributed by atoms with Gasteiger partial charge in [0, 0.05) is 15.6 Å². The van der Waals surface area contributed by atoms with Gasteiger partial charge in [-0.2, -0.15) is 0 Å². The van der Waals surface area contributed by atoms with E-state index in [1.165, 1.54) is 7.11 Å². The normalized spacial score (nSPS) is 11.5. The highest BCUT2D eigenvalue weighted by Gasteiger charge is 2.22. The third-order valence-electron chi connectivity index (χ3n) is 4.37. The number of hydrogen-bond acceptors (Lipinski definition) is 3. The van der Waals surface area contributed by atoms with Gasteiger partial charge in [-0.25, -0.2) is 4.79 Å². The molecular weight excluding hydrogens is 465 g/mol. The molecule has 5 heteroatoms. The van der Waals surface area contributed by atoms with Crippen molar-refractivity contribution < 1.29 is 14.3 Å². The minimum Gasteiger partial charge on any atom is -0.467 e. The van der Waals surface area contributed by atoms with E-state index in [0.29, 0.717) is 12.0 Å². The maximum Gasteiger partial charge on any atom is 0.328 e. The molecule has 3 aromatic carbocycles. The van der Waals surface area contributed by atoms with Gasteiger partial charge in [0.2, 0.25) is 0 Å². The van der Waals surface area contributed by atoms with Crippen molar-refractivity contribution in [3.8, 4) is 11.1 Å². The van der Waals surface area contributed by atoms with Gasteiger partial charge >= 0.3 is 5.97 Å². The Bertz CT molecular complexity index is 955. The number of carbonyl (C=O) groups is 2. The van der Waals surface area contributed by atoms with Crippen LogP contribution in [0.3, 0.4) is 0 Å². The number of benzene rings is 3. The van der Waals surface area contributed by atoms with Gasteiger partial charge in [0.15, 0.2) is 0 Å². The maximum atomic E-state index is 12.7. The Morgan fingerprint density at radius 1 is 0.929 bits per heavy atom. The number of carbonyl (C=O) groups excluding carboxylic acids is 2. The van der Waals surface area contributed by atoms with Crippen LogP contribution in [0.4, 0.5) is 0 Å². The van der Waals surface area contributed by atoms with Gasteiger partial charge in [-0.15, -0.1) is 0 Å². The summed E-state index contributed by atoms with van der Waals surface area (Å²) in [5, 5.41) is 2.80. The molecule has 3 aromatic rings. The van der Waals surface area contributed by atoms with E-state index in [1.807, 2.05) is 66.7 Å². The highest BCUT2D eigenvalue weighted by molar-refractivity contribution is 14.1. The van der Waals surface area contributed by atoms with Crippen LogP contribution in [0.15, 0.2) is 78.9 Å². The average molecular weight is 485 g/mol. The molecule has 142 valence electrons. The maximum absolute atomic E-state index is 12.7. The molecule has 0 aliphatic carbocycles. The van der Waals surface area contributed by atoms with Crippen LogP contribution in [0.25, 0.3) is 11.1 Å². The second-order valence-electron chi connectivity index (χ2n) is 6.33. The standard InChI is InChI=1S/C23H20INO3/c1-28-23(27)21(15-16-6-5-9-20(24)14-16)25-22(26)19-12-10-18(11-13-19)17-7-3-2-4-8-17/h2-14,21H,15H2,1H3,(H,25,26)/t21-/m1/s1. The third kappa shape index (κ3) is 5.19. The summed E-state index contributed by atoms with van der Waals surface area (Å²) in [6.45, 7) is 0. The Morgan fingerprint density at radius 2 is 1.61 bits per heavy atom. The van der Waals surface area contributed by atoms with Crippen LogP contribution in [0.1, 0.15) is 15.9 Å². The molecule has 0 fully saturated rings. The molecule has 1 atom stereocenters. The quantitative estimate of drug-likeness (QED) is 0.414. The van der Waals surface area contributed by atoms with Crippen molar-refractivity contribution >= 4 is 34.5 Å². The van der Waals surface area contributed by atoms with E-state index >= 15 is 0 Å². The summed E-state index contributed by atoms with van der Waals surface area (Å²) in [4.78, 5) is 24.8. The first-order valence-corrected chi connectivity index (χ1v) is 9.93. The van der Waals surface area contributed by atoms with E-state index < -0.39 is 12.0 Å². The lowest BCUT2D eigenvalue weighted by atomic mass is 10.0. The van der Waals surface area contributed by atoms with Crippen molar-refractivity contribution in [2.24, 2.45) is 0 Å². The van der Waals surface area contributed by atoms with Gasteiger partial charge in [-0.3, -0.25) is 4.79 Å². The smallest absolute Gasteiger partial charge is 0.328 e. The summed E-state index contributed by atoms with van der Waals surface area (Å²) in [6, 6.07) is 24.3. The van der Waals surface area contributed by atoms with E-state index in [2.05, 4.69) is 27.9 Å². The van der Waals surface area contributed by atoms with Crippen LogP contribution in [-0.2, 0) is 16.0 Å². The lowest BCUT2D eigenvalue weighted by molar-refractivity contribution is -0.142. The second-order valence-corrected chi connectivity index (χ2v) is 7.57. The number of amides is 1. The number of halogens is 1. The fourth-order valence-corrected chi connectivity index (χ4v) is 3.53. The predicted molar refractivity (Wildman–Crippen MR) is 118 cm³/mol. The van der Waals surface area contributed by atoms with Crippen molar-refractivity contribution in [2.45, 2.75) is 12.5 Å². The molecule has 0 heterocycles. The SMILES string of the molecule is COC(=O)[C@@H](Cc1cccc(I)c1)NC(=O)c1ccc(-c2ccccc2)cc1. The van der Waals surface area contributed by atoms with Crippen molar-refractivity contribution in [3.05, 3.63) is 93.6 Å². The van der Waals surface area contributed by atoms with Crippen molar-refractivity contribution in [1.29, 1.82) is 0 Å². The average Bonchev–Trinajstić information content (AvgIpc) is 2.73. The number of methoxy groups -OCH3 is 1. The summed E-state index contributed by atoms with van der Waals surface area (Å²) >= 11 is 2.22. The molecular formula is C23H20INO3. The number of hydrogen-bond donors (Lipinski definition) is 1. The topological polar surface area (TPSA) is 55.4 Å². The van der Waals surface area contributed by atoms with E-state index in [1.54, 1.807) is 12.1 Å². The summed E-state index contributed by atoms with van der Waals surface area (Å²) in [5.41, 5.74) is 3.57. The van der Waals surface area contributed by atoms with Crippen LogP contribution in [-0.4, -0.2) is 25.0 Å². The lowest BCUT2D eigenvalue weighted by Gasteiger charge is -2.17. The van der Waals surface area contributed by atoms with E-state index in [-0.39, 0.29) is 5.91 Å². The number of ether oxygens (including phenoxy) is 1. The Kier molecular flexibility index (Phi) is 6.81. The number of nitrogens with one attached hydrogen (secondary N) is 1. The fraction of sp³-hybridized carbons (Fsp3) is 0.130. The summed E-state index contributed by atoms with van der Waals surface area (Å²) in [6.07, 6.45) is 0.372. The van der Waals surface area contributed by atoms with Crippen LogP contribution < -0.4 is 5.32 Å². The zero-order chi connectivity index (χ0) is 19.9. The largest absolute Gasteiger partial charge is 0.467 e. The van der Waals surface area contributed by atoms with Crippen LogP contribution in [0.2, 0.25) is 0 Å². The second kappa shape index (κ2) is 9.50. The first-order valence-electron chi connectivity index (χ1n) is 8.85. The zero-order valence-electron chi connectivity index (χ0n) is 15.4. The van der Waals surface area contributed by atoms with Gasteiger partial charge in [-0.05, 0) is 63.5 Å². The first-order chi connectivity index (χ1) is 13.6. The minimum atomic E-state index is -0.746. The Morgan fingerprint density at radius 3 is 2.25 bits per heavy atom. The highest BCUT2D eigenvalue weighted by Crippen LogP contribution is 2.19. The van der Waals surface area contributed by atoms with E-state index in [0.717, 1.165) is 20.3 Å². The highest BCUT2D eigenvalue weighted by atomic mass is 127. The lowest BCUT2D eigenvalue weighted by Crippen LogP contribution is -2.43. The van der Waals surface area contributed by atoms with E-state index in [9.17, 15) is 9.59 Å². The summed E-state index contributed by atoms with van der Waals surface area (Å²) < 4.78 is 5.94. The molecule has 4 nitrogen and oxygen atoms in total. The zero-order valence-corrected chi connectivity index (χ0v) is 17.6. The predicted octanol–water partition coefficient (Wildman–Crippen LogP) is 4.47. The molecule has 0 aromatic heterocycles. The molecule has 0 radical (unpaired) electrons. The van der Waals surface area contributed by atoms with Crippen LogP contribution in [0.5, 0.6) is 0 Å². The van der Waals surface area contributed by atoms with Crippen molar-refractivity contribution in [2.75, 3.05) is 7.11 Å². The van der Waals surface area contributed by atoms with Gasteiger partial charge in [0.25, 0.3) is 5.91 Å². The molecule has 28 heavy (non-hydrogen) atoms. The molecule has 0 saturated carbocycles. The van der Waals surface area contributed by atoms with Crippen LogP contribution >= 0.6 is 22.6 Å². The summed E-state index contributed by atoms with van der Waals surface area (Å²) in [5.74, 6) is -0.770. The Hall–Kier alpha value is -2.67. The molecule has 0 aliphatic rings. The van der Waals surface area contributed by atoms with Crippen LogP contribution in [0, 0.1) is 3.57 Å².